The van der Waals surface area contributed by atoms with E-state index in [9.17, 15) is 19.2 Å². The van der Waals surface area contributed by atoms with Crippen LogP contribution in [0.3, 0.4) is 0 Å². The lowest BCUT2D eigenvalue weighted by Gasteiger charge is -2.60. The number of hydrogen-bond acceptors (Lipinski definition) is 5. The van der Waals surface area contributed by atoms with Gasteiger partial charge in [-0.2, -0.15) is 0 Å². The van der Waals surface area contributed by atoms with Crippen molar-refractivity contribution in [2.45, 2.75) is 84.5 Å². The van der Waals surface area contributed by atoms with Gasteiger partial charge in [0.15, 0.2) is 5.78 Å². The monoisotopic (exact) mass is 432 g/mol. The number of hydrogen-bond donors (Lipinski definition) is 1. The summed E-state index contributed by atoms with van der Waals surface area (Å²) in [6.07, 6.45) is 8.41. The van der Waals surface area contributed by atoms with Gasteiger partial charge in [-0.05, 0) is 79.4 Å². The first-order chi connectivity index (χ1) is 14.6. The Morgan fingerprint density at radius 2 is 1.71 bits per heavy atom. The molecule has 6 heteroatoms. The van der Waals surface area contributed by atoms with Gasteiger partial charge in [-0.1, -0.05) is 13.8 Å². The molecule has 0 heterocycles. The quantitative estimate of drug-likeness (QED) is 0.632. The number of esters is 1. The fraction of sp³-hybridized carbons (Fsp3) is 0.840. The van der Waals surface area contributed by atoms with Crippen LogP contribution in [0.4, 0.5) is 0 Å². The van der Waals surface area contributed by atoms with Gasteiger partial charge < -0.3 is 9.84 Å². The summed E-state index contributed by atoms with van der Waals surface area (Å²) in [6.45, 7) is 4.47. The molecule has 4 saturated carbocycles. The van der Waals surface area contributed by atoms with Crippen LogP contribution < -0.4 is 0 Å². The van der Waals surface area contributed by atoms with E-state index < -0.39 is 11.9 Å². The number of carbonyl (C=O) groups is 4. The van der Waals surface area contributed by atoms with Crippen LogP contribution in [0.1, 0.15) is 84.5 Å². The molecule has 4 fully saturated rings. The molecule has 0 amide bonds. The van der Waals surface area contributed by atoms with Crippen molar-refractivity contribution in [1.82, 2.24) is 0 Å². The zero-order chi connectivity index (χ0) is 22.4. The molecule has 172 valence electrons. The van der Waals surface area contributed by atoms with Crippen molar-refractivity contribution in [3.8, 4) is 0 Å². The third-order valence-electron chi connectivity index (χ3n) is 9.79. The van der Waals surface area contributed by atoms with Crippen LogP contribution in [0.25, 0.3) is 0 Å². The molecule has 0 radical (unpaired) electrons. The fourth-order valence-corrected chi connectivity index (χ4v) is 8.11. The van der Waals surface area contributed by atoms with Crippen molar-refractivity contribution >= 4 is 23.5 Å². The van der Waals surface area contributed by atoms with Crippen LogP contribution in [0, 0.1) is 40.4 Å². The number of ether oxygens (including phenoxy) is 1. The van der Waals surface area contributed by atoms with E-state index >= 15 is 0 Å². The van der Waals surface area contributed by atoms with Gasteiger partial charge in [0.05, 0.1) is 12.8 Å². The molecule has 0 spiro atoms. The lowest BCUT2D eigenvalue weighted by atomic mass is 9.44. The highest BCUT2D eigenvalue weighted by molar-refractivity contribution is 5.86. The number of carbonyl (C=O) groups excluding carboxylic acids is 3. The Morgan fingerprint density at radius 1 is 0.968 bits per heavy atom. The maximum Gasteiger partial charge on any atom is 0.306 e. The number of aliphatic carboxylic acids is 1. The van der Waals surface area contributed by atoms with Gasteiger partial charge >= 0.3 is 11.9 Å². The van der Waals surface area contributed by atoms with E-state index in [1.165, 1.54) is 6.42 Å². The standard InChI is InChI=1S/C25H36O6/c1-24-11-9-16(26)13-15(24)3-4-17-18-5-6-20(25(18,2)12-10-19(17)24)21(27)14-31-23(30)8-7-22(28)29/h15,17-20H,3-14H2,1-2H3,(H,28,29)/t15-,17?,18?,19?,20?,24+,25+/m1/s1. The lowest BCUT2D eigenvalue weighted by molar-refractivity contribution is -0.154. The third kappa shape index (κ3) is 3.95. The van der Waals surface area contributed by atoms with E-state index in [1.807, 2.05) is 0 Å². The largest absolute Gasteiger partial charge is 0.481 e. The van der Waals surface area contributed by atoms with Crippen molar-refractivity contribution in [1.29, 1.82) is 0 Å². The molecule has 4 unspecified atom stereocenters. The molecule has 4 aliphatic rings. The van der Waals surface area contributed by atoms with Gasteiger partial charge in [0.25, 0.3) is 0 Å². The molecular formula is C25H36O6. The predicted molar refractivity (Wildman–Crippen MR) is 113 cm³/mol. The number of carboxylic acids is 1. The molecule has 1 N–H and O–H groups in total. The van der Waals surface area contributed by atoms with E-state index in [1.54, 1.807) is 0 Å². The molecule has 7 atom stereocenters. The number of rotatable bonds is 6. The van der Waals surface area contributed by atoms with Crippen molar-refractivity contribution < 1.29 is 29.0 Å². The fourth-order valence-electron chi connectivity index (χ4n) is 8.11. The molecule has 0 bridgehead atoms. The number of ketones is 2. The first kappa shape index (κ1) is 22.5. The van der Waals surface area contributed by atoms with Crippen LogP contribution in [-0.4, -0.2) is 35.2 Å². The first-order valence-corrected chi connectivity index (χ1v) is 12.1. The second-order valence-electron chi connectivity index (χ2n) is 11.1. The van der Waals surface area contributed by atoms with Gasteiger partial charge in [-0.3, -0.25) is 19.2 Å². The van der Waals surface area contributed by atoms with Gasteiger partial charge in [0, 0.05) is 18.8 Å². The molecule has 0 aliphatic heterocycles. The summed E-state index contributed by atoms with van der Waals surface area (Å²) in [4.78, 5) is 47.4. The second kappa shape index (κ2) is 8.32. The molecule has 0 aromatic heterocycles. The molecular weight excluding hydrogens is 396 g/mol. The molecule has 6 nitrogen and oxygen atoms in total. The Kier molecular flexibility index (Phi) is 6.04. The van der Waals surface area contributed by atoms with Gasteiger partial charge in [0.1, 0.15) is 12.4 Å². The number of carboxylic acid groups (broad SMARTS) is 1. The van der Waals surface area contributed by atoms with Gasteiger partial charge in [-0.25, -0.2) is 0 Å². The average molecular weight is 433 g/mol. The van der Waals surface area contributed by atoms with E-state index in [0.717, 1.165) is 51.4 Å². The molecule has 4 aliphatic carbocycles. The summed E-state index contributed by atoms with van der Waals surface area (Å²) in [6, 6.07) is 0. The molecule has 4 rings (SSSR count). The Balaban J connectivity index is 1.41. The Labute approximate surface area is 184 Å². The van der Waals surface area contributed by atoms with Crippen LogP contribution in [-0.2, 0) is 23.9 Å². The minimum atomic E-state index is -1.04. The first-order valence-electron chi connectivity index (χ1n) is 12.1. The van der Waals surface area contributed by atoms with Crippen LogP contribution >= 0.6 is 0 Å². The minimum absolute atomic E-state index is 0.00437. The number of Topliss-reactive ketones (excluding diaryl/α,β-unsaturated/α-hetero) is 2. The topological polar surface area (TPSA) is 97.7 Å². The summed E-state index contributed by atoms with van der Waals surface area (Å²) in [5.41, 5.74) is 0.222. The van der Waals surface area contributed by atoms with Crippen molar-refractivity contribution in [3.63, 3.8) is 0 Å². The zero-order valence-electron chi connectivity index (χ0n) is 18.9. The van der Waals surface area contributed by atoms with Crippen LogP contribution in [0.5, 0.6) is 0 Å². The van der Waals surface area contributed by atoms with Gasteiger partial charge in [0.2, 0.25) is 0 Å². The number of fused-ring (bicyclic) bond motifs is 5. The van der Waals surface area contributed by atoms with E-state index in [2.05, 4.69) is 13.8 Å². The average Bonchev–Trinajstić information content (AvgIpc) is 3.08. The molecule has 31 heavy (non-hydrogen) atoms. The van der Waals surface area contributed by atoms with Crippen molar-refractivity contribution in [2.24, 2.45) is 40.4 Å². The third-order valence-corrected chi connectivity index (χ3v) is 9.79. The lowest BCUT2D eigenvalue weighted by Crippen LogP contribution is -2.54. The Morgan fingerprint density at radius 3 is 2.45 bits per heavy atom. The Hall–Kier alpha value is -1.72. The molecule has 0 aromatic carbocycles. The Bertz CT molecular complexity index is 774. The SMILES string of the molecule is C[C@]12CCC3C(CC[C@@H]4CC(=O)CC[C@]34C)C1CCC2C(=O)COC(=O)CCC(=O)O. The highest BCUT2D eigenvalue weighted by Crippen LogP contribution is 2.67. The normalized spacial score (nSPS) is 41.6. The molecule has 0 aromatic rings. The van der Waals surface area contributed by atoms with E-state index in [0.29, 0.717) is 29.5 Å². The molecule has 0 saturated heterocycles. The summed E-state index contributed by atoms with van der Waals surface area (Å²) < 4.78 is 5.11. The summed E-state index contributed by atoms with van der Waals surface area (Å²) >= 11 is 0. The maximum atomic E-state index is 13.0. The summed E-state index contributed by atoms with van der Waals surface area (Å²) in [7, 11) is 0. The highest BCUT2D eigenvalue weighted by atomic mass is 16.5. The van der Waals surface area contributed by atoms with E-state index in [-0.39, 0.29) is 42.0 Å². The highest BCUT2D eigenvalue weighted by Gasteiger charge is 2.61. The van der Waals surface area contributed by atoms with Gasteiger partial charge in [-0.15, -0.1) is 0 Å². The minimum Gasteiger partial charge on any atom is -0.481 e. The van der Waals surface area contributed by atoms with Crippen LogP contribution in [0.2, 0.25) is 0 Å². The zero-order valence-corrected chi connectivity index (χ0v) is 18.9. The van der Waals surface area contributed by atoms with E-state index in [4.69, 9.17) is 9.84 Å². The smallest absolute Gasteiger partial charge is 0.306 e. The van der Waals surface area contributed by atoms with Crippen LogP contribution in [0.15, 0.2) is 0 Å². The van der Waals surface area contributed by atoms with Crippen molar-refractivity contribution in [3.05, 3.63) is 0 Å². The summed E-state index contributed by atoms with van der Waals surface area (Å²) in [5.74, 6) is 1.03. The van der Waals surface area contributed by atoms with Crippen molar-refractivity contribution in [2.75, 3.05) is 6.61 Å². The summed E-state index contributed by atoms with van der Waals surface area (Å²) in [5, 5.41) is 8.68. The second-order valence-corrected chi connectivity index (χ2v) is 11.1. The predicted octanol–water partition coefficient (Wildman–Crippen LogP) is 4.19. The maximum absolute atomic E-state index is 13.0.